The Balaban J connectivity index is 1.76. The van der Waals surface area contributed by atoms with Gasteiger partial charge in [0.25, 0.3) is 11.4 Å². The van der Waals surface area contributed by atoms with Crippen LogP contribution in [0.3, 0.4) is 0 Å². The molecule has 38 heavy (non-hydrogen) atoms. The predicted molar refractivity (Wildman–Crippen MR) is 128 cm³/mol. The summed E-state index contributed by atoms with van der Waals surface area (Å²) in [4.78, 5) is 36.2. The fourth-order valence-corrected chi connectivity index (χ4v) is 3.62. The highest BCUT2D eigenvalue weighted by Crippen LogP contribution is 2.40. The first-order valence-electron chi connectivity index (χ1n) is 11.0. The fraction of sp³-hybridized carbons (Fsp3) is 0.154. The summed E-state index contributed by atoms with van der Waals surface area (Å²) in [5.74, 6) is -4.02. The first-order chi connectivity index (χ1) is 18.0. The van der Waals surface area contributed by atoms with Crippen molar-refractivity contribution in [1.82, 2.24) is 0 Å². The van der Waals surface area contributed by atoms with Crippen molar-refractivity contribution >= 4 is 22.6 Å². The Labute approximate surface area is 212 Å². The topological polar surface area (TPSA) is 118 Å². The van der Waals surface area contributed by atoms with Gasteiger partial charge in [0.2, 0.25) is 11.2 Å². The van der Waals surface area contributed by atoms with Crippen LogP contribution in [0.15, 0.2) is 69.9 Å². The van der Waals surface area contributed by atoms with Crippen LogP contribution in [0.5, 0.6) is 23.0 Å². The van der Waals surface area contributed by atoms with Gasteiger partial charge in [-0.3, -0.25) is 14.9 Å². The van der Waals surface area contributed by atoms with E-state index in [0.717, 1.165) is 12.1 Å². The van der Waals surface area contributed by atoms with Gasteiger partial charge in [-0.15, -0.1) is 0 Å². The van der Waals surface area contributed by atoms with Gasteiger partial charge in [-0.2, -0.15) is 13.2 Å². The number of nitro groups is 1. The van der Waals surface area contributed by atoms with Crippen molar-refractivity contribution in [2.75, 3.05) is 6.61 Å². The molecule has 0 spiro atoms. The number of hydrogen-bond donors (Lipinski definition) is 0. The maximum Gasteiger partial charge on any atom is 0.453 e. The van der Waals surface area contributed by atoms with E-state index in [9.17, 15) is 32.9 Å². The smallest absolute Gasteiger partial charge is 0.453 e. The molecule has 4 rings (SSSR count). The van der Waals surface area contributed by atoms with E-state index in [4.69, 9.17) is 18.6 Å². The Morgan fingerprint density at radius 1 is 1.05 bits per heavy atom. The van der Waals surface area contributed by atoms with E-state index in [0.29, 0.717) is 0 Å². The van der Waals surface area contributed by atoms with E-state index >= 15 is 0 Å². The number of para-hydroxylation sites is 2. The number of hydrogen-bond acceptors (Lipinski definition) is 8. The normalized spacial score (nSPS) is 11.3. The lowest BCUT2D eigenvalue weighted by molar-refractivity contribution is -0.385. The minimum absolute atomic E-state index is 0.0447. The third kappa shape index (κ3) is 5.14. The van der Waals surface area contributed by atoms with E-state index in [2.05, 4.69) is 0 Å². The summed E-state index contributed by atoms with van der Waals surface area (Å²) in [6.45, 7) is 3.23. The van der Waals surface area contributed by atoms with Gasteiger partial charge in [0, 0.05) is 17.7 Å². The van der Waals surface area contributed by atoms with Gasteiger partial charge in [-0.25, -0.2) is 4.79 Å². The van der Waals surface area contributed by atoms with Gasteiger partial charge < -0.3 is 18.6 Å². The molecule has 0 saturated carbocycles. The molecule has 3 aromatic carbocycles. The predicted octanol–water partition coefficient (Wildman–Crippen LogP) is 6.44. The highest BCUT2D eigenvalue weighted by Gasteiger charge is 2.41. The molecular formula is C26H18F3NO8. The highest BCUT2D eigenvalue weighted by atomic mass is 19.4. The summed E-state index contributed by atoms with van der Waals surface area (Å²) in [5.41, 5.74) is -2.01. The van der Waals surface area contributed by atoms with E-state index in [1.807, 2.05) is 0 Å². The first kappa shape index (κ1) is 26.2. The lowest BCUT2D eigenvalue weighted by Gasteiger charge is -2.15. The van der Waals surface area contributed by atoms with Gasteiger partial charge in [-0.1, -0.05) is 18.2 Å². The third-order valence-electron chi connectivity index (χ3n) is 5.37. The van der Waals surface area contributed by atoms with Gasteiger partial charge >= 0.3 is 12.1 Å². The van der Waals surface area contributed by atoms with Crippen LogP contribution >= 0.6 is 0 Å². The van der Waals surface area contributed by atoms with Crippen LogP contribution in [-0.4, -0.2) is 17.5 Å². The number of fused-ring (bicyclic) bond motifs is 1. The molecular weight excluding hydrogens is 511 g/mol. The van der Waals surface area contributed by atoms with Crippen LogP contribution in [0.25, 0.3) is 11.0 Å². The Hall–Kier alpha value is -4.87. The van der Waals surface area contributed by atoms with Crippen LogP contribution in [0.4, 0.5) is 18.9 Å². The minimum Gasteiger partial charge on any atom is -0.490 e. The summed E-state index contributed by atoms with van der Waals surface area (Å²) in [5, 5.41) is 10.9. The van der Waals surface area contributed by atoms with Crippen molar-refractivity contribution in [1.29, 1.82) is 0 Å². The number of carbonyl (C=O) groups excluding carboxylic acids is 1. The molecule has 0 amide bonds. The molecule has 0 aliphatic rings. The monoisotopic (exact) mass is 529 g/mol. The Kier molecular flexibility index (Phi) is 7.06. The molecule has 0 unspecified atom stereocenters. The van der Waals surface area contributed by atoms with Crippen LogP contribution < -0.4 is 19.6 Å². The molecule has 0 aliphatic carbocycles. The maximum absolute atomic E-state index is 13.9. The molecule has 9 nitrogen and oxygen atoms in total. The molecule has 0 radical (unpaired) electrons. The highest BCUT2D eigenvalue weighted by molar-refractivity contribution is 5.94. The van der Waals surface area contributed by atoms with Crippen molar-refractivity contribution < 1.29 is 41.5 Å². The second-order valence-electron chi connectivity index (χ2n) is 7.82. The standard InChI is InChI=1S/C26H18F3NO8/c1-3-35-19-9-4-5-10-20(19)37-23-22(31)17-12-11-15(13-21(17)38-24(23)26(27,28)29)36-25(32)16-7-6-8-18(14(16)2)30(33)34/h4-13H,3H2,1-2H3. The first-order valence-corrected chi connectivity index (χ1v) is 11.0. The van der Waals surface area contributed by atoms with Crippen molar-refractivity contribution in [3.05, 3.63) is 97.9 Å². The van der Waals surface area contributed by atoms with Crippen molar-refractivity contribution in [3.63, 3.8) is 0 Å². The van der Waals surface area contributed by atoms with E-state index < -0.39 is 39.6 Å². The molecule has 0 saturated heterocycles. The molecule has 1 heterocycles. The van der Waals surface area contributed by atoms with E-state index in [1.54, 1.807) is 13.0 Å². The molecule has 4 aromatic rings. The number of rotatable bonds is 7. The lowest BCUT2D eigenvalue weighted by atomic mass is 10.1. The summed E-state index contributed by atoms with van der Waals surface area (Å²) < 4.78 is 62.7. The van der Waals surface area contributed by atoms with Crippen LogP contribution in [0, 0.1) is 17.0 Å². The fourth-order valence-electron chi connectivity index (χ4n) is 3.62. The zero-order chi connectivity index (χ0) is 27.6. The molecule has 0 fully saturated rings. The number of ether oxygens (including phenoxy) is 3. The second kappa shape index (κ2) is 10.2. The number of alkyl halides is 3. The molecule has 0 atom stereocenters. The largest absolute Gasteiger partial charge is 0.490 e. The molecule has 12 heteroatoms. The second-order valence-corrected chi connectivity index (χ2v) is 7.82. The van der Waals surface area contributed by atoms with Crippen molar-refractivity contribution in [3.8, 4) is 23.0 Å². The number of esters is 1. The Morgan fingerprint density at radius 3 is 2.42 bits per heavy atom. The van der Waals surface area contributed by atoms with E-state index in [-0.39, 0.29) is 46.1 Å². The average Bonchev–Trinajstić information content (AvgIpc) is 2.86. The number of nitrogens with zero attached hydrogens (tertiary/aromatic N) is 1. The Bertz CT molecular complexity index is 1610. The number of carbonyl (C=O) groups is 1. The third-order valence-corrected chi connectivity index (χ3v) is 5.37. The van der Waals surface area contributed by atoms with Crippen molar-refractivity contribution in [2.45, 2.75) is 20.0 Å². The van der Waals surface area contributed by atoms with Gasteiger partial charge in [-0.05, 0) is 44.2 Å². The summed E-state index contributed by atoms with van der Waals surface area (Å²) in [7, 11) is 0. The van der Waals surface area contributed by atoms with Gasteiger partial charge in [0.05, 0.1) is 22.5 Å². The summed E-state index contributed by atoms with van der Waals surface area (Å²) >= 11 is 0. The summed E-state index contributed by atoms with van der Waals surface area (Å²) in [6.07, 6.45) is -5.12. The summed E-state index contributed by atoms with van der Waals surface area (Å²) in [6, 6.07) is 12.9. The van der Waals surface area contributed by atoms with Crippen LogP contribution in [0.1, 0.15) is 28.6 Å². The van der Waals surface area contributed by atoms with Crippen molar-refractivity contribution in [2.24, 2.45) is 0 Å². The number of nitro benzene ring substituents is 1. The van der Waals surface area contributed by atoms with Gasteiger partial charge in [0.1, 0.15) is 11.3 Å². The zero-order valence-corrected chi connectivity index (χ0v) is 19.8. The lowest BCUT2D eigenvalue weighted by Crippen LogP contribution is -2.16. The van der Waals surface area contributed by atoms with Crippen LogP contribution in [0.2, 0.25) is 0 Å². The molecule has 196 valence electrons. The number of halogens is 3. The van der Waals surface area contributed by atoms with Gasteiger partial charge in [0.15, 0.2) is 11.5 Å². The molecule has 0 N–H and O–H groups in total. The Morgan fingerprint density at radius 2 is 1.76 bits per heavy atom. The van der Waals surface area contributed by atoms with E-state index in [1.165, 1.54) is 49.4 Å². The minimum atomic E-state index is -5.12. The number of benzene rings is 3. The molecule has 0 aliphatic heterocycles. The quantitative estimate of drug-likeness (QED) is 0.116. The zero-order valence-electron chi connectivity index (χ0n) is 19.8. The SMILES string of the molecule is CCOc1ccccc1Oc1c(C(F)(F)F)oc2cc(OC(=O)c3cccc([N+](=O)[O-])c3C)ccc2c1=O. The molecule has 0 bridgehead atoms. The van der Waals surface area contributed by atoms with Crippen LogP contribution in [-0.2, 0) is 6.18 Å². The average molecular weight is 529 g/mol. The maximum atomic E-state index is 13.9. The molecule has 1 aromatic heterocycles.